The molecular weight excluding hydrogens is 348 g/mol. The van der Waals surface area contributed by atoms with Crippen molar-refractivity contribution in [1.82, 2.24) is 0 Å². The molecule has 0 saturated carbocycles. The molecular formula is C19H24N4O4. The Labute approximate surface area is 157 Å². The maximum Gasteiger partial charge on any atom is 0.128 e. The van der Waals surface area contributed by atoms with Crippen molar-refractivity contribution in [1.29, 1.82) is 0 Å². The van der Waals surface area contributed by atoms with E-state index < -0.39 is 24.4 Å². The molecule has 0 aliphatic carbocycles. The monoisotopic (exact) mass is 372 g/mol. The van der Waals surface area contributed by atoms with Gasteiger partial charge in [0.1, 0.15) is 24.0 Å². The highest BCUT2D eigenvalue weighted by Gasteiger charge is 2.31. The number of para-hydroxylation sites is 2. The maximum absolute atomic E-state index is 10.4. The van der Waals surface area contributed by atoms with Gasteiger partial charge < -0.3 is 20.4 Å². The first-order valence-electron chi connectivity index (χ1n) is 8.44. The molecule has 2 aromatic carbocycles. The lowest BCUT2D eigenvalue weighted by Crippen LogP contribution is -2.47. The third-order valence-corrected chi connectivity index (χ3v) is 3.72. The van der Waals surface area contributed by atoms with Gasteiger partial charge in [-0.3, -0.25) is 10.9 Å². The number of hydrogen-bond acceptors (Lipinski definition) is 8. The van der Waals surface area contributed by atoms with Crippen molar-refractivity contribution in [3.8, 4) is 0 Å². The topological polar surface area (TPSA) is 130 Å². The van der Waals surface area contributed by atoms with Crippen molar-refractivity contribution < 1.29 is 20.4 Å². The van der Waals surface area contributed by atoms with Gasteiger partial charge in [-0.05, 0) is 31.2 Å². The molecule has 0 spiro atoms. The Morgan fingerprint density at radius 3 is 1.85 bits per heavy atom. The van der Waals surface area contributed by atoms with Crippen molar-refractivity contribution in [2.75, 3.05) is 10.9 Å². The van der Waals surface area contributed by atoms with Crippen LogP contribution in [0.4, 0.5) is 11.4 Å². The van der Waals surface area contributed by atoms with E-state index >= 15 is 0 Å². The van der Waals surface area contributed by atoms with Crippen LogP contribution in [0.1, 0.15) is 6.92 Å². The minimum atomic E-state index is -1.65. The van der Waals surface area contributed by atoms with Crippen LogP contribution in [0.25, 0.3) is 0 Å². The summed E-state index contributed by atoms with van der Waals surface area (Å²) in [6, 6.07) is 18.2. The van der Waals surface area contributed by atoms with Gasteiger partial charge in [0.25, 0.3) is 0 Å². The van der Waals surface area contributed by atoms with E-state index in [1.54, 1.807) is 24.3 Å². The molecule has 0 aliphatic rings. The molecule has 0 heterocycles. The van der Waals surface area contributed by atoms with E-state index in [0.29, 0.717) is 5.69 Å². The molecule has 0 amide bonds. The Bertz CT molecular complexity index is 738. The number of nitrogens with zero attached hydrogens (tertiary/aromatic N) is 2. The smallest absolute Gasteiger partial charge is 0.128 e. The molecule has 0 aliphatic heterocycles. The lowest BCUT2D eigenvalue weighted by Gasteiger charge is -2.24. The molecule has 0 aromatic heterocycles. The molecule has 6 N–H and O–H groups in total. The zero-order valence-corrected chi connectivity index (χ0v) is 14.8. The lowest BCUT2D eigenvalue weighted by atomic mass is 10.0. The summed E-state index contributed by atoms with van der Waals surface area (Å²) in [6.07, 6.45) is -4.77. The van der Waals surface area contributed by atoms with Crippen LogP contribution < -0.4 is 10.9 Å². The molecule has 27 heavy (non-hydrogen) atoms. The second kappa shape index (κ2) is 10.4. The van der Waals surface area contributed by atoms with Crippen LogP contribution in [0, 0.1) is 0 Å². The SMILES string of the molecule is C[C@H](O)[C@H](O)[C@H](O)[C@H](O)C(/C=N\Nc1ccccc1)=N\Nc1ccccc1. The summed E-state index contributed by atoms with van der Waals surface area (Å²) in [7, 11) is 0. The summed E-state index contributed by atoms with van der Waals surface area (Å²) in [5.74, 6) is 0. The average Bonchev–Trinajstić information content (AvgIpc) is 2.70. The number of hydrazone groups is 2. The van der Waals surface area contributed by atoms with Crippen LogP contribution in [0.5, 0.6) is 0 Å². The fourth-order valence-corrected chi connectivity index (χ4v) is 2.15. The van der Waals surface area contributed by atoms with Gasteiger partial charge in [-0.25, -0.2) is 0 Å². The van der Waals surface area contributed by atoms with E-state index in [4.69, 9.17) is 0 Å². The molecule has 4 atom stereocenters. The second-order valence-electron chi connectivity index (χ2n) is 5.92. The Morgan fingerprint density at radius 2 is 1.33 bits per heavy atom. The number of anilines is 2. The van der Waals surface area contributed by atoms with Crippen LogP contribution in [0.3, 0.4) is 0 Å². The fraction of sp³-hybridized carbons (Fsp3) is 0.263. The molecule has 0 fully saturated rings. The Morgan fingerprint density at radius 1 is 0.815 bits per heavy atom. The standard InChI is InChI=1S/C19H24N4O4/c1-13(24)17(25)19(27)18(26)16(23-22-15-10-6-3-7-11-15)12-20-21-14-8-4-2-5-9-14/h2-13,17-19,21-22,24-27H,1H3/b20-12-,23-16-/t13-,17-,18+,19-/m0/s1. The number of aliphatic hydroxyl groups is 4. The third-order valence-electron chi connectivity index (χ3n) is 3.72. The molecule has 2 aromatic rings. The van der Waals surface area contributed by atoms with Crippen LogP contribution in [0.15, 0.2) is 70.9 Å². The van der Waals surface area contributed by atoms with E-state index in [-0.39, 0.29) is 5.71 Å². The zero-order valence-electron chi connectivity index (χ0n) is 14.8. The summed E-state index contributed by atoms with van der Waals surface area (Å²) in [4.78, 5) is 0. The minimum Gasteiger partial charge on any atom is -0.391 e. The zero-order chi connectivity index (χ0) is 19.6. The van der Waals surface area contributed by atoms with Crippen LogP contribution >= 0.6 is 0 Å². The highest BCUT2D eigenvalue weighted by atomic mass is 16.4. The van der Waals surface area contributed by atoms with Gasteiger partial charge in [-0.1, -0.05) is 36.4 Å². The van der Waals surface area contributed by atoms with E-state index in [2.05, 4.69) is 21.1 Å². The number of rotatable bonds is 9. The second-order valence-corrected chi connectivity index (χ2v) is 5.92. The largest absolute Gasteiger partial charge is 0.391 e. The van der Waals surface area contributed by atoms with Crippen LogP contribution in [-0.4, -0.2) is 56.8 Å². The molecule has 2 rings (SSSR count). The van der Waals surface area contributed by atoms with Crippen molar-refractivity contribution >= 4 is 23.3 Å². The van der Waals surface area contributed by atoms with Gasteiger partial charge in [-0.15, -0.1) is 0 Å². The number of nitrogens with one attached hydrogen (secondary N) is 2. The van der Waals surface area contributed by atoms with Gasteiger partial charge in [0.15, 0.2) is 0 Å². The van der Waals surface area contributed by atoms with E-state index in [9.17, 15) is 20.4 Å². The highest BCUT2D eigenvalue weighted by Crippen LogP contribution is 2.09. The summed E-state index contributed by atoms with van der Waals surface area (Å²) >= 11 is 0. The lowest BCUT2D eigenvalue weighted by molar-refractivity contribution is -0.0826. The van der Waals surface area contributed by atoms with E-state index in [1.807, 2.05) is 36.4 Å². The number of aliphatic hydroxyl groups excluding tert-OH is 4. The Kier molecular flexibility index (Phi) is 7.90. The van der Waals surface area contributed by atoms with Crippen molar-refractivity contribution in [2.45, 2.75) is 31.3 Å². The Balaban J connectivity index is 2.16. The van der Waals surface area contributed by atoms with E-state index in [0.717, 1.165) is 5.69 Å². The predicted octanol–water partition coefficient (Wildman–Crippen LogP) is 1.02. The first-order chi connectivity index (χ1) is 13.0. The van der Waals surface area contributed by atoms with Crippen molar-refractivity contribution in [3.63, 3.8) is 0 Å². The van der Waals surface area contributed by atoms with Gasteiger partial charge in [-0.2, -0.15) is 10.2 Å². The van der Waals surface area contributed by atoms with E-state index in [1.165, 1.54) is 13.1 Å². The Hall–Kier alpha value is -2.78. The number of hydrogen-bond donors (Lipinski definition) is 6. The molecule has 144 valence electrons. The number of benzene rings is 2. The average molecular weight is 372 g/mol. The molecule has 0 unspecified atom stereocenters. The van der Waals surface area contributed by atoms with Crippen LogP contribution in [-0.2, 0) is 0 Å². The molecule has 0 saturated heterocycles. The molecule has 8 nitrogen and oxygen atoms in total. The van der Waals surface area contributed by atoms with Crippen LogP contribution in [0.2, 0.25) is 0 Å². The van der Waals surface area contributed by atoms with Gasteiger partial charge in [0.2, 0.25) is 0 Å². The fourth-order valence-electron chi connectivity index (χ4n) is 2.15. The summed E-state index contributed by atoms with van der Waals surface area (Å²) in [6.45, 7) is 1.31. The van der Waals surface area contributed by atoms with Crippen molar-refractivity contribution in [2.24, 2.45) is 10.2 Å². The third kappa shape index (κ3) is 6.46. The quantitative estimate of drug-likeness (QED) is 0.288. The summed E-state index contributed by atoms with van der Waals surface area (Å²) in [5.41, 5.74) is 6.88. The molecule has 0 bridgehead atoms. The first kappa shape index (κ1) is 20.5. The normalized spacial score (nSPS) is 16.6. The predicted molar refractivity (Wildman–Crippen MR) is 106 cm³/mol. The van der Waals surface area contributed by atoms with Gasteiger partial charge >= 0.3 is 0 Å². The summed E-state index contributed by atoms with van der Waals surface area (Å²) < 4.78 is 0. The molecule has 8 heteroatoms. The minimum absolute atomic E-state index is 0.0329. The summed E-state index contributed by atoms with van der Waals surface area (Å²) in [5, 5.41) is 47.8. The first-order valence-corrected chi connectivity index (χ1v) is 8.44. The molecule has 0 radical (unpaired) electrons. The van der Waals surface area contributed by atoms with Crippen molar-refractivity contribution in [3.05, 3.63) is 60.7 Å². The maximum atomic E-state index is 10.4. The van der Waals surface area contributed by atoms with Gasteiger partial charge in [0.05, 0.1) is 23.7 Å². The van der Waals surface area contributed by atoms with Gasteiger partial charge in [0, 0.05) is 0 Å². The highest BCUT2D eigenvalue weighted by molar-refractivity contribution is 6.33.